The zero-order valence-electron chi connectivity index (χ0n) is 15.0. The van der Waals surface area contributed by atoms with Crippen LogP contribution in [-0.2, 0) is 16.0 Å². The van der Waals surface area contributed by atoms with Crippen LogP contribution in [0.15, 0.2) is 48.5 Å². The average Bonchev–Trinajstić information content (AvgIpc) is 2.94. The maximum absolute atomic E-state index is 12.7. The van der Waals surface area contributed by atoms with Crippen LogP contribution in [0.2, 0.25) is 0 Å². The van der Waals surface area contributed by atoms with E-state index in [9.17, 15) is 19.2 Å². The third-order valence-electron chi connectivity index (χ3n) is 4.30. The number of carboxylic acids is 1. The van der Waals surface area contributed by atoms with E-state index in [1.54, 1.807) is 18.2 Å². The molecule has 3 amide bonds. The van der Waals surface area contributed by atoms with Gasteiger partial charge in [0.15, 0.2) is 0 Å². The van der Waals surface area contributed by atoms with Crippen molar-refractivity contribution < 1.29 is 24.3 Å². The fraction of sp³-hybridized carbons (Fsp3) is 0.200. The molecule has 1 fully saturated rings. The van der Waals surface area contributed by atoms with Gasteiger partial charge in [0, 0.05) is 12.1 Å². The Morgan fingerprint density at radius 1 is 1.14 bits per heavy atom. The maximum atomic E-state index is 12.7. The van der Waals surface area contributed by atoms with E-state index in [0.29, 0.717) is 17.8 Å². The van der Waals surface area contributed by atoms with Crippen molar-refractivity contribution in [1.29, 1.82) is 0 Å². The minimum Gasteiger partial charge on any atom is -0.478 e. The van der Waals surface area contributed by atoms with Crippen LogP contribution in [-0.4, -0.2) is 33.4 Å². The third-order valence-corrected chi connectivity index (χ3v) is 5.34. The first-order chi connectivity index (χ1) is 13.4. The molecule has 1 aliphatic rings. The predicted molar refractivity (Wildman–Crippen MR) is 107 cm³/mol. The largest absolute Gasteiger partial charge is 0.478 e. The zero-order valence-corrected chi connectivity index (χ0v) is 15.9. The van der Waals surface area contributed by atoms with Crippen molar-refractivity contribution in [3.8, 4) is 0 Å². The van der Waals surface area contributed by atoms with Gasteiger partial charge in [0.05, 0.1) is 11.3 Å². The van der Waals surface area contributed by atoms with Gasteiger partial charge in [-0.2, -0.15) is 0 Å². The lowest BCUT2D eigenvalue weighted by Gasteiger charge is -2.17. The number of anilines is 2. The van der Waals surface area contributed by atoms with Crippen LogP contribution in [0.3, 0.4) is 0 Å². The molecule has 28 heavy (non-hydrogen) atoms. The second-order valence-electron chi connectivity index (χ2n) is 6.17. The molecule has 1 heterocycles. The highest BCUT2D eigenvalue weighted by Crippen LogP contribution is 2.35. The number of aryl methyl sites for hydroxylation is 1. The lowest BCUT2D eigenvalue weighted by molar-refractivity contribution is -0.121. The van der Waals surface area contributed by atoms with E-state index in [1.807, 2.05) is 19.1 Å². The Hall–Kier alpha value is -3.13. The van der Waals surface area contributed by atoms with E-state index >= 15 is 0 Å². The molecule has 2 aromatic rings. The number of benzene rings is 2. The molecule has 0 aliphatic carbocycles. The number of aromatic carboxylic acids is 1. The van der Waals surface area contributed by atoms with Crippen LogP contribution >= 0.6 is 11.8 Å². The second kappa shape index (κ2) is 8.26. The summed E-state index contributed by atoms with van der Waals surface area (Å²) < 4.78 is 0. The van der Waals surface area contributed by atoms with E-state index in [4.69, 9.17) is 5.11 Å². The average molecular weight is 398 g/mol. The Kier molecular flexibility index (Phi) is 5.79. The molecule has 1 saturated heterocycles. The lowest BCUT2D eigenvalue weighted by Crippen LogP contribution is -2.33. The van der Waals surface area contributed by atoms with Gasteiger partial charge >= 0.3 is 5.97 Å². The van der Waals surface area contributed by atoms with Crippen molar-refractivity contribution in [2.75, 3.05) is 10.2 Å². The number of imide groups is 1. The monoisotopic (exact) mass is 398 g/mol. The van der Waals surface area contributed by atoms with Crippen molar-refractivity contribution in [1.82, 2.24) is 0 Å². The first kappa shape index (κ1) is 19.6. The van der Waals surface area contributed by atoms with Gasteiger partial charge in [-0.25, -0.2) is 9.69 Å². The predicted octanol–water partition coefficient (Wildman–Crippen LogP) is 3.54. The molecule has 2 aromatic carbocycles. The summed E-state index contributed by atoms with van der Waals surface area (Å²) >= 11 is 0.825. The zero-order chi connectivity index (χ0) is 20.3. The quantitative estimate of drug-likeness (QED) is 0.771. The lowest BCUT2D eigenvalue weighted by atomic mass is 10.1. The number of thioether (sulfide) groups is 1. The molecule has 8 heteroatoms. The molecular formula is C20H18N2O5S. The molecule has 7 nitrogen and oxygen atoms in total. The molecule has 0 radical (unpaired) electrons. The Bertz CT molecular complexity index is 959. The van der Waals surface area contributed by atoms with Gasteiger partial charge in [-0.1, -0.05) is 31.2 Å². The number of carbonyl (C=O) groups is 4. The molecular weight excluding hydrogens is 380 g/mol. The minimum atomic E-state index is -1.10. The summed E-state index contributed by atoms with van der Waals surface area (Å²) in [6.45, 7) is 1.94. The summed E-state index contributed by atoms with van der Waals surface area (Å²) in [5.41, 5.74) is 1.78. The van der Waals surface area contributed by atoms with E-state index < -0.39 is 28.3 Å². The smallest absolute Gasteiger partial charge is 0.335 e. The summed E-state index contributed by atoms with van der Waals surface area (Å²) in [6, 6.07) is 13.0. The van der Waals surface area contributed by atoms with Crippen molar-refractivity contribution in [2.24, 2.45) is 0 Å². The fourth-order valence-electron chi connectivity index (χ4n) is 2.94. The molecule has 0 bridgehead atoms. The summed E-state index contributed by atoms with van der Waals surface area (Å²) in [5, 5.41) is 10.4. The molecule has 144 valence electrons. The summed E-state index contributed by atoms with van der Waals surface area (Å²) in [7, 11) is 0. The number of rotatable bonds is 6. The third kappa shape index (κ3) is 4.07. The van der Waals surface area contributed by atoms with Crippen LogP contribution in [0.5, 0.6) is 0 Å². The normalized spacial score (nSPS) is 16.3. The molecule has 0 saturated carbocycles. The number of hydrogen-bond donors (Lipinski definition) is 2. The van der Waals surface area contributed by atoms with Gasteiger partial charge in [-0.15, -0.1) is 0 Å². The number of para-hydroxylation sites is 1. The van der Waals surface area contributed by atoms with Crippen LogP contribution in [0, 0.1) is 0 Å². The molecule has 1 atom stereocenters. The standard InChI is InChI=1S/C20H18N2O5S/c1-2-12-6-3-4-9-15(12)22-18(24)16(28-20(22)27)11-17(23)21-14-8-5-7-13(10-14)19(25)26/h3-10,16H,2,11H2,1H3,(H,21,23)(H,25,26). The van der Waals surface area contributed by atoms with Crippen molar-refractivity contribution in [2.45, 2.75) is 25.0 Å². The van der Waals surface area contributed by atoms with Crippen molar-refractivity contribution >= 4 is 46.2 Å². The summed E-state index contributed by atoms with van der Waals surface area (Å²) in [5.74, 6) is -1.99. The number of nitrogens with one attached hydrogen (secondary N) is 1. The van der Waals surface area contributed by atoms with Crippen LogP contribution in [0.25, 0.3) is 0 Å². The second-order valence-corrected chi connectivity index (χ2v) is 7.32. The van der Waals surface area contributed by atoms with Crippen LogP contribution in [0.1, 0.15) is 29.3 Å². The Morgan fingerprint density at radius 3 is 2.61 bits per heavy atom. The van der Waals surface area contributed by atoms with Gasteiger partial charge in [-0.05, 0) is 48.0 Å². The number of carbonyl (C=O) groups excluding carboxylic acids is 3. The first-order valence-corrected chi connectivity index (χ1v) is 9.54. The van der Waals surface area contributed by atoms with E-state index in [2.05, 4.69) is 5.32 Å². The van der Waals surface area contributed by atoms with Gasteiger partial charge in [0.25, 0.3) is 5.24 Å². The number of amides is 3. The highest BCUT2D eigenvalue weighted by atomic mass is 32.2. The minimum absolute atomic E-state index is 0.0432. The van der Waals surface area contributed by atoms with Gasteiger partial charge in [0.2, 0.25) is 11.8 Å². The fourth-order valence-corrected chi connectivity index (χ4v) is 3.92. The van der Waals surface area contributed by atoms with Crippen LogP contribution < -0.4 is 10.2 Å². The maximum Gasteiger partial charge on any atom is 0.335 e. The van der Waals surface area contributed by atoms with Gasteiger partial charge < -0.3 is 10.4 Å². The van der Waals surface area contributed by atoms with Gasteiger partial charge in [0.1, 0.15) is 5.25 Å². The Balaban J connectivity index is 1.71. The van der Waals surface area contributed by atoms with Gasteiger partial charge in [-0.3, -0.25) is 14.4 Å². The number of carboxylic acid groups (broad SMARTS) is 1. The van der Waals surface area contributed by atoms with Crippen molar-refractivity contribution in [3.05, 3.63) is 59.7 Å². The van der Waals surface area contributed by atoms with E-state index in [0.717, 1.165) is 22.2 Å². The Labute approximate surface area is 165 Å². The Morgan fingerprint density at radius 2 is 1.89 bits per heavy atom. The van der Waals surface area contributed by atoms with E-state index in [-0.39, 0.29) is 12.0 Å². The molecule has 2 N–H and O–H groups in total. The molecule has 1 unspecified atom stereocenters. The topological polar surface area (TPSA) is 104 Å². The van der Waals surface area contributed by atoms with E-state index in [1.165, 1.54) is 18.2 Å². The molecule has 0 aromatic heterocycles. The highest BCUT2D eigenvalue weighted by Gasteiger charge is 2.42. The van der Waals surface area contributed by atoms with Crippen molar-refractivity contribution in [3.63, 3.8) is 0 Å². The van der Waals surface area contributed by atoms with Crippen LogP contribution in [0.4, 0.5) is 16.2 Å². The number of nitrogens with zero attached hydrogens (tertiary/aromatic N) is 1. The molecule has 0 spiro atoms. The molecule has 1 aliphatic heterocycles. The summed E-state index contributed by atoms with van der Waals surface area (Å²) in [4.78, 5) is 49.6. The highest BCUT2D eigenvalue weighted by molar-refractivity contribution is 8.15. The molecule has 3 rings (SSSR count). The summed E-state index contributed by atoms with van der Waals surface area (Å²) in [6.07, 6.45) is 0.486. The SMILES string of the molecule is CCc1ccccc1N1C(=O)SC(CC(=O)Nc2cccc(C(=O)O)c2)C1=O. The number of hydrogen-bond acceptors (Lipinski definition) is 5. The first-order valence-electron chi connectivity index (χ1n) is 8.66.